The monoisotopic (exact) mass is 424 g/mol. The van der Waals surface area contributed by atoms with Gasteiger partial charge in [-0.25, -0.2) is 9.67 Å². The van der Waals surface area contributed by atoms with Crippen molar-refractivity contribution in [2.45, 2.75) is 58.0 Å². The van der Waals surface area contributed by atoms with E-state index < -0.39 is 0 Å². The molecule has 5 rings (SSSR count). The minimum absolute atomic E-state index is 0.0276. The van der Waals surface area contributed by atoms with E-state index in [1.807, 2.05) is 29.8 Å². The zero-order valence-electron chi connectivity index (χ0n) is 18.0. The van der Waals surface area contributed by atoms with Gasteiger partial charge in [0.15, 0.2) is 6.23 Å². The SMILES string of the molecule is CC1CCOCC(C)Oc2nccc(n2)-c2nn(C3CCCCO3)c3ccc(cc23)O1. The molecule has 8 heteroatoms. The van der Waals surface area contributed by atoms with Crippen LogP contribution >= 0.6 is 0 Å². The third-order valence-corrected chi connectivity index (χ3v) is 5.65. The van der Waals surface area contributed by atoms with E-state index in [4.69, 9.17) is 24.0 Å². The van der Waals surface area contributed by atoms with Crippen molar-refractivity contribution in [2.75, 3.05) is 19.8 Å². The lowest BCUT2D eigenvalue weighted by atomic mass is 10.1. The van der Waals surface area contributed by atoms with Crippen molar-refractivity contribution in [1.29, 1.82) is 0 Å². The number of hydrogen-bond acceptors (Lipinski definition) is 7. The van der Waals surface area contributed by atoms with E-state index in [9.17, 15) is 0 Å². The third kappa shape index (κ3) is 4.36. The van der Waals surface area contributed by atoms with E-state index in [1.165, 1.54) is 0 Å². The lowest BCUT2D eigenvalue weighted by Gasteiger charge is -2.23. The fourth-order valence-corrected chi connectivity index (χ4v) is 4.05. The zero-order chi connectivity index (χ0) is 21.2. The number of ether oxygens (including phenoxy) is 4. The molecule has 0 aliphatic carbocycles. The third-order valence-electron chi connectivity index (χ3n) is 5.65. The Balaban J connectivity index is 1.63. The first kappa shape index (κ1) is 20.2. The van der Waals surface area contributed by atoms with Crippen LogP contribution in [-0.4, -0.2) is 51.8 Å². The highest BCUT2D eigenvalue weighted by atomic mass is 16.5. The predicted molar refractivity (Wildman–Crippen MR) is 115 cm³/mol. The van der Waals surface area contributed by atoms with Gasteiger partial charge in [-0.05, 0) is 57.4 Å². The number of fused-ring (bicyclic) bond motifs is 4. The molecule has 8 nitrogen and oxygen atoms in total. The van der Waals surface area contributed by atoms with Crippen LogP contribution in [-0.2, 0) is 9.47 Å². The minimum atomic E-state index is -0.161. The van der Waals surface area contributed by atoms with Crippen molar-refractivity contribution in [3.63, 3.8) is 0 Å². The Morgan fingerprint density at radius 3 is 2.81 bits per heavy atom. The molecular formula is C23H28N4O4. The second-order valence-electron chi connectivity index (χ2n) is 8.24. The van der Waals surface area contributed by atoms with Gasteiger partial charge in [0.1, 0.15) is 17.5 Å². The normalized spacial score (nSPS) is 24.8. The summed E-state index contributed by atoms with van der Waals surface area (Å²) in [5.74, 6) is 0.805. The fraction of sp³-hybridized carbons (Fsp3) is 0.522. The van der Waals surface area contributed by atoms with Crippen LogP contribution in [0.5, 0.6) is 11.8 Å². The van der Waals surface area contributed by atoms with Gasteiger partial charge < -0.3 is 18.9 Å². The van der Waals surface area contributed by atoms with E-state index in [2.05, 4.69) is 23.0 Å². The lowest BCUT2D eigenvalue weighted by molar-refractivity contribution is -0.0365. The van der Waals surface area contributed by atoms with Crippen molar-refractivity contribution < 1.29 is 18.9 Å². The van der Waals surface area contributed by atoms with Crippen LogP contribution in [0.2, 0.25) is 0 Å². The largest absolute Gasteiger partial charge is 0.491 e. The first-order chi connectivity index (χ1) is 15.2. The molecule has 0 amide bonds. The summed E-state index contributed by atoms with van der Waals surface area (Å²) >= 11 is 0. The molecule has 4 heterocycles. The molecule has 2 aliphatic rings. The summed E-state index contributed by atoms with van der Waals surface area (Å²) in [7, 11) is 0. The highest BCUT2D eigenvalue weighted by Crippen LogP contribution is 2.34. The van der Waals surface area contributed by atoms with E-state index in [0.29, 0.717) is 24.9 Å². The Kier molecular flexibility index (Phi) is 5.74. The van der Waals surface area contributed by atoms with Gasteiger partial charge in [0.05, 0.1) is 30.5 Å². The zero-order valence-corrected chi connectivity index (χ0v) is 18.0. The van der Waals surface area contributed by atoms with Crippen LogP contribution in [0.3, 0.4) is 0 Å². The van der Waals surface area contributed by atoms with Gasteiger partial charge in [0.25, 0.3) is 0 Å². The summed E-state index contributed by atoms with van der Waals surface area (Å²) in [6.45, 7) is 5.82. The Morgan fingerprint density at radius 2 is 1.94 bits per heavy atom. The van der Waals surface area contributed by atoms with Gasteiger partial charge in [-0.1, -0.05) is 0 Å². The summed E-state index contributed by atoms with van der Waals surface area (Å²) in [5, 5.41) is 5.92. The molecule has 164 valence electrons. The highest BCUT2D eigenvalue weighted by Gasteiger charge is 2.23. The molecule has 2 aliphatic heterocycles. The number of rotatable bonds is 1. The maximum atomic E-state index is 6.18. The van der Waals surface area contributed by atoms with E-state index >= 15 is 0 Å². The fourth-order valence-electron chi connectivity index (χ4n) is 4.05. The Labute approximate surface area is 181 Å². The second-order valence-corrected chi connectivity index (χ2v) is 8.24. The summed E-state index contributed by atoms with van der Waals surface area (Å²) in [6, 6.07) is 8.27. The molecule has 0 radical (unpaired) electrons. The van der Waals surface area contributed by atoms with Crippen molar-refractivity contribution in [3.8, 4) is 23.1 Å². The van der Waals surface area contributed by atoms with Crippen LogP contribution in [0.15, 0.2) is 30.5 Å². The quantitative estimate of drug-likeness (QED) is 0.580. The second kappa shape index (κ2) is 8.80. The standard InChI is InChI=1S/C23H28N4O4/c1-15-9-12-28-14-16(2)31-23-24-10-8-19(25-23)22-18-13-17(30-15)6-7-20(18)27(26-22)21-5-3-4-11-29-21/h6-8,10,13,15-16,21H,3-5,9,11-12,14H2,1-2H3. The molecule has 3 unspecified atom stereocenters. The van der Waals surface area contributed by atoms with E-state index in [0.717, 1.165) is 54.6 Å². The van der Waals surface area contributed by atoms with Crippen molar-refractivity contribution in [1.82, 2.24) is 19.7 Å². The number of hydrogen-bond donors (Lipinski definition) is 0. The van der Waals surface area contributed by atoms with Crippen LogP contribution in [0.1, 0.15) is 45.8 Å². The van der Waals surface area contributed by atoms with Gasteiger partial charge in [0.2, 0.25) is 0 Å². The average Bonchev–Trinajstić information content (AvgIpc) is 3.16. The molecule has 31 heavy (non-hydrogen) atoms. The molecule has 0 N–H and O–H groups in total. The topological polar surface area (TPSA) is 80.5 Å². The predicted octanol–water partition coefficient (Wildman–Crippen LogP) is 4.15. The average molecular weight is 425 g/mol. The summed E-state index contributed by atoms with van der Waals surface area (Å²) in [4.78, 5) is 8.92. The molecule has 3 atom stereocenters. The lowest BCUT2D eigenvalue weighted by Crippen LogP contribution is -2.22. The van der Waals surface area contributed by atoms with Gasteiger partial charge in [-0.15, -0.1) is 0 Å². The molecular weight excluding hydrogens is 396 g/mol. The van der Waals surface area contributed by atoms with E-state index in [-0.39, 0.29) is 18.4 Å². The van der Waals surface area contributed by atoms with Crippen molar-refractivity contribution in [2.24, 2.45) is 0 Å². The van der Waals surface area contributed by atoms with Gasteiger partial charge in [-0.3, -0.25) is 0 Å². The maximum Gasteiger partial charge on any atom is 0.317 e. The van der Waals surface area contributed by atoms with Gasteiger partial charge in [-0.2, -0.15) is 10.1 Å². The Bertz CT molecular complexity index is 1050. The molecule has 0 saturated carbocycles. The molecule has 1 fully saturated rings. The summed E-state index contributed by atoms with van der Waals surface area (Å²) < 4.78 is 25.8. The van der Waals surface area contributed by atoms with Gasteiger partial charge in [0, 0.05) is 24.6 Å². The Morgan fingerprint density at radius 1 is 1.00 bits per heavy atom. The molecule has 1 aromatic carbocycles. The van der Waals surface area contributed by atoms with Crippen LogP contribution in [0.4, 0.5) is 0 Å². The highest BCUT2D eigenvalue weighted by molar-refractivity contribution is 5.93. The number of aromatic nitrogens is 4. The van der Waals surface area contributed by atoms with Crippen molar-refractivity contribution in [3.05, 3.63) is 30.5 Å². The van der Waals surface area contributed by atoms with Crippen LogP contribution < -0.4 is 9.47 Å². The molecule has 0 spiro atoms. The van der Waals surface area contributed by atoms with E-state index in [1.54, 1.807) is 6.20 Å². The summed E-state index contributed by atoms with van der Waals surface area (Å²) in [5.41, 5.74) is 2.48. The molecule has 3 aromatic rings. The minimum Gasteiger partial charge on any atom is -0.491 e. The van der Waals surface area contributed by atoms with Gasteiger partial charge >= 0.3 is 6.01 Å². The number of benzene rings is 1. The van der Waals surface area contributed by atoms with Crippen LogP contribution in [0, 0.1) is 0 Å². The molecule has 4 bridgehead atoms. The molecule has 1 saturated heterocycles. The van der Waals surface area contributed by atoms with Crippen molar-refractivity contribution >= 4 is 10.9 Å². The smallest absolute Gasteiger partial charge is 0.317 e. The first-order valence-electron chi connectivity index (χ1n) is 11.1. The first-order valence-corrected chi connectivity index (χ1v) is 11.1. The summed E-state index contributed by atoms with van der Waals surface area (Å²) in [6.07, 6.45) is 5.45. The maximum absolute atomic E-state index is 6.18. The number of nitrogens with zero attached hydrogens (tertiary/aromatic N) is 4. The Hall–Kier alpha value is -2.71. The van der Waals surface area contributed by atoms with Crippen LogP contribution in [0.25, 0.3) is 22.3 Å². The molecule has 2 aromatic heterocycles.